The molecule has 0 atom stereocenters. The summed E-state index contributed by atoms with van der Waals surface area (Å²) >= 11 is 0. The van der Waals surface area contributed by atoms with Crippen LogP contribution in [0.25, 0.3) is 0 Å². The molecule has 1 aromatic carbocycles. The molecular formula is C16H22N4O3S. The lowest BCUT2D eigenvalue weighted by Crippen LogP contribution is -2.43. The number of likely N-dealkylation sites (tertiary alicyclic amines) is 1. The molecule has 0 unspecified atom stereocenters. The van der Waals surface area contributed by atoms with Crippen molar-refractivity contribution < 1.29 is 13.2 Å². The molecule has 0 saturated carbocycles. The van der Waals surface area contributed by atoms with Crippen LogP contribution >= 0.6 is 0 Å². The van der Waals surface area contributed by atoms with Gasteiger partial charge in [-0.05, 0) is 32.0 Å². The summed E-state index contributed by atoms with van der Waals surface area (Å²) in [6, 6.07) is 6.89. The van der Waals surface area contributed by atoms with E-state index in [2.05, 4.69) is 15.0 Å². The fraction of sp³-hybridized carbons (Fsp3) is 0.500. The van der Waals surface area contributed by atoms with Crippen molar-refractivity contribution in [2.75, 3.05) is 33.2 Å². The third-order valence-electron chi connectivity index (χ3n) is 4.45. The molecule has 130 valence electrons. The normalized spacial score (nSPS) is 19.7. The first-order valence-electron chi connectivity index (χ1n) is 8.14. The number of hydrogen-bond donors (Lipinski definition) is 2. The van der Waals surface area contributed by atoms with Crippen LogP contribution in [-0.4, -0.2) is 58.3 Å². The number of nitrogens with one attached hydrogen (secondary N) is 2. The maximum Gasteiger partial charge on any atom is 0.285 e. The van der Waals surface area contributed by atoms with Crippen LogP contribution in [-0.2, 0) is 14.8 Å². The lowest BCUT2D eigenvalue weighted by molar-refractivity contribution is -0.126. The maximum absolute atomic E-state index is 12.1. The average molecular weight is 350 g/mol. The van der Waals surface area contributed by atoms with Crippen molar-refractivity contribution in [1.82, 2.24) is 15.5 Å². The Bertz CT molecular complexity index is 752. The van der Waals surface area contributed by atoms with Crippen LogP contribution in [0, 0.1) is 5.92 Å². The molecule has 0 aromatic heterocycles. The van der Waals surface area contributed by atoms with E-state index in [9.17, 15) is 13.2 Å². The number of amidine groups is 1. The number of fused-ring (bicyclic) bond motifs is 1. The fourth-order valence-electron chi connectivity index (χ4n) is 3.13. The highest BCUT2D eigenvalue weighted by atomic mass is 32.2. The number of piperidine rings is 1. The van der Waals surface area contributed by atoms with Crippen LogP contribution in [0.2, 0.25) is 0 Å². The predicted octanol–water partition coefficient (Wildman–Crippen LogP) is 0.183. The minimum Gasteiger partial charge on any atom is -0.355 e. The van der Waals surface area contributed by atoms with Crippen molar-refractivity contribution in [1.29, 1.82) is 0 Å². The molecular weight excluding hydrogens is 328 g/mol. The van der Waals surface area contributed by atoms with Gasteiger partial charge in [0, 0.05) is 37.7 Å². The van der Waals surface area contributed by atoms with Gasteiger partial charge in [0.15, 0.2) is 5.84 Å². The van der Waals surface area contributed by atoms with Crippen molar-refractivity contribution in [2.24, 2.45) is 10.3 Å². The molecule has 1 amide bonds. The summed E-state index contributed by atoms with van der Waals surface area (Å²) in [7, 11) is -1.74. The Kier molecular flexibility index (Phi) is 4.86. The van der Waals surface area contributed by atoms with Crippen molar-refractivity contribution in [3.63, 3.8) is 0 Å². The number of rotatable bonds is 4. The molecule has 7 nitrogen and oxygen atoms in total. The molecule has 0 radical (unpaired) electrons. The second kappa shape index (κ2) is 6.90. The summed E-state index contributed by atoms with van der Waals surface area (Å²) < 4.78 is 28.2. The quantitative estimate of drug-likeness (QED) is 0.756. The molecule has 24 heavy (non-hydrogen) atoms. The number of nitrogens with zero attached hydrogens (tertiary/aromatic N) is 2. The Morgan fingerprint density at radius 3 is 2.67 bits per heavy atom. The van der Waals surface area contributed by atoms with Crippen LogP contribution in [0.4, 0.5) is 0 Å². The Morgan fingerprint density at radius 1 is 1.25 bits per heavy atom. The SMILES string of the molecule is CNCCNC(=O)C1CCN(C2=NS(=O)(=O)c3ccccc32)CC1. The van der Waals surface area contributed by atoms with E-state index in [1.165, 1.54) is 0 Å². The number of hydrogen-bond acceptors (Lipinski definition) is 5. The molecule has 1 fully saturated rings. The molecule has 0 bridgehead atoms. The van der Waals surface area contributed by atoms with Crippen molar-refractivity contribution in [2.45, 2.75) is 17.7 Å². The summed E-state index contributed by atoms with van der Waals surface area (Å²) in [6.45, 7) is 2.63. The number of amides is 1. The zero-order chi connectivity index (χ0) is 17.2. The predicted molar refractivity (Wildman–Crippen MR) is 91.4 cm³/mol. The smallest absolute Gasteiger partial charge is 0.285 e. The Hall–Kier alpha value is -1.93. The minimum absolute atomic E-state index is 0.0213. The van der Waals surface area contributed by atoms with E-state index in [4.69, 9.17) is 0 Å². The molecule has 0 spiro atoms. The summed E-state index contributed by atoms with van der Waals surface area (Å²) in [5.41, 5.74) is 0.662. The van der Waals surface area contributed by atoms with E-state index in [0.29, 0.717) is 43.9 Å². The number of carbonyl (C=O) groups excluding carboxylic acids is 1. The van der Waals surface area contributed by atoms with Crippen molar-refractivity contribution >= 4 is 21.8 Å². The average Bonchev–Trinajstić information content (AvgIpc) is 2.87. The van der Waals surface area contributed by atoms with Crippen LogP contribution < -0.4 is 10.6 Å². The molecule has 2 heterocycles. The third-order valence-corrected chi connectivity index (χ3v) is 5.78. The van der Waals surface area contributed by atoms with Gasteiger partial charge in [-0.2, -0.15) is 8.42 Å². The molecule has 1 aromatic rings. The van der Waals surface area contributed by atoms with E-state index in [0.717, 1.165) is 6.54 Å². The lowest BCUT2D eigenvalue weighted by atomic mass is 9.95. The maximum atomic E-state index is 12.1. The summed E-state index contributed by atoms with van der Waals surface area (Å²) in [4.78, 5) is 14.4. The van der Waals surface area contributed by atoms with Crippen molar-refractivity contribution in [3.05, 3.63) is 29.8 Å². The van der Waals surface area contributed by atoms with E-state index in [1.807, 2.05) is 18.0 Å². The van der Waals surface area contributed by atoms with Gasteiger partial charge in [0.1, 0.15) is 4.90 Å². The van der Waals surface area contributed by atoms with Gasteiger partial charge in [-0.25, -0.2) is 0 Å². The van der Waals surface area contributed by atoms with Gasteiger partial charge in [-0.15, -0.1) is 4.40 Å². The summed E-state index contributed by atoms with van der Waals surface area (Å²) in [6.07, 6.45) is 1.40. The minimum atomic E-state index is -3.59. The molecule has 2 aliphatic heterocycles. The van der Waals surface area contributed by atoms with E-state index in [-0.39, 0.29) is 16.7 Å². The number of sulfonamides is 1. The fourth-order valence-corrected chi connectivity index (χ4v) is 4.35. The standard InChI is InChI=1S/C16H22N4O3S/c1-17-8-9-18-16(21)12-6-10-20(11-7-12)15-13-4-2-3-5-14(13)24(22,23)19-15/h2-5,12,17H,6-11H2,1H3,(H,18,21). The number of carbonyl (C=O) groups is 1. The van der Waals surface area contributed by atoms with Gasteiger partial charge in [0.2, 0.25) is 5.91 Å². The lowest BCUT2D eigenvalue weighted by Gasteiger charge is -2.32. The van der Waals surface area contributed by atoms with Gasteiger partial charge in [-0.3, -0.25) is 4.79 Å². The van der Waals surface area contributed by atoms with Gasteiger partial charge in [0.25, 0.3) is 10.0 Å². The first-order valence-corrected chi connectivity index (χ1v) is 9.58. The monoisotopic (exact) mass is 350 g/mol. The zero-order valence-electron chi connectivity index (χ0n) is 13.7. The van der Waals surface area contributed by atoms with Crippen molar-refractivity contribution in [3.8, 4) is 0 Å². The van der Waals surface area contributed by atoms with Gasteiger partial charge >= 0.3 is 0 Å². The highest BCUT2D eigenvalue weighted by Gasteiger charge is 2.34. The second-order valence-electron chi connectivity index (χ2n) is 6.04. The highest BCUT2D eigenvalue weighted by Crippen LogP contribution is 2.29. The molecule has 3 rings (SSSR count). The second-order valence-corrected chi connectivity index (χ2v) is 7.61. The van der Waals surface area contributed by atoms with Gasteiger partial charge in [-0.1, -0.05) is 12.1 Å². The van der Waals surface area contributed by atoms with Gasteiger partial charge in [0.05, 0.1) is 0 Å². The third kappa shape index (κ3) is 3.29. The first kappa shape index (κ1) is 16.9. The molecule has 8 heteroatoms. The van der Waals surface area contributed by atoms with Crippen LogP contribution in [0.5, 0.6) is 0 Å². The topological polar surface area (TPSA) is 90.9 Å². The molecule has 0 aliphatic carbocycles. The Balaban J connectivity index is 1.65. The largest absolute Gasteiger partial charge is 0.355 e. The Morgan fingerprint density at radius 2 is 1.96 bits per heavy atom. The highest BCUT2D eigenvalue weighted by molar-refractivity contribution is 7.90. The number of likely N-dealkylation sites (N-methyl/N-ethyl adjacent to an activating group) is 1. The van der Waals surface area contributed by atoms with E-state index in [1.54, 1.807) is 18.2 Å². The van der Waals surface area contributed by atoms with E-state index < -0.39 is 10.0 Å². The van der Waals surface area contributed by atoms with E-state index >= 15 is 0 Å². The zero-order valence-corrected chi connectivity index (χ0v) is 14.5. The first-order chi connectivity index (χ1) is 11.5. The van der Waals surface area contributed by atoms with Crippen LogP contribution in [0.15, 0.2) is 33.6 Å². The van der Waals surface area contributed by atoms with Gasteiger partial charge < -0.3 is 15.5 Å². The number of benzene rings is 1. The Labute approximate surface area is 142 Å². The summed E-state index contributed by atoms with van der Waals surface area (Å²) in [5.74, 6) is 0.567. The molecule has 2 aliphatic rings. The van der Waals surface area contributed by atoms with Crippen LogP contribution in [0.1, 0.15) is 18.4 Å². The molecule has 2 N–H and O–H groups in total. The molecule has 1 saturated heterocycles. The summed E-state index contributed by atoms with van der Waals surface area (Å²) in [5, 5.41) is 5.91. The van der Waals surface area contributed by atoms with Crippen LogP contribution in [0.3, 0.4) is 0 Å².